The molecule has 1 heterocycles. The van der Waals surface area contributed by atoms with E-state index in [-0.39, 0.29) is 0 Å². The van der Waals surface area contributed by atoms with Crippen LogP contribution < -0.4 is 0 Å². The summed E-state index contributed by atoms with van der Waals surface area (Å²) in [6.07, 6.45) is 1.77. The smallest absolute Gasteiger partial charge is 0.135 e. The minimum absolute atomic E-state index is 0.556. The summed E-state index contributed by atoms with van der Waals surface area (Å²) in [5.74, 6) is 0.652. The highest BCUT2D eigenvalue weighted by molar-refractivity contribution is 5.77. The van der Waals surface area contributed by atoms with Gasteiger partial charge in [0, 0.05) is 11.9 Å². The minimum Gasteiger partial charge on any atom is -0.458 e. The molecular formula is C15H21NO2. The Labute approximate surface area is 108 Å². The second kappa shape index (κ2) is 6.03. The van der Waals surface area contributed by atoms with Gasteiger partial charge in [0.1, 0.15) is 17.4 Å². The number of benzene rings is 1. The first-order valence-corrected chi connectivity index (χ1v) is 6.55. The van der Waals surface area contributed by atoms with Gasteiger partial charge in [0.25, 0.3) is 0 Å². The van der Waals surface area contributed by atoms with Crippen molar-refractivity contribution in [2.45, 2.75) is 25.9 Å². The number of fused-ring (bicyclic) bond motifs is 1. The molecule has 0 aliphatic carbocycles. The topological polar surface area (TPSA) is 36.6 Å². The third-order valence-electron chi connectivity index (χ3n) is 3.15. The number of hydrogen-bond acceptors (Lipinski definition) is 3. The fourth-order valence-corrected chi connectivity index (χ4v) is 2.07. The molecule has 1 unspecified atom stereocenters. The lowest BCUT2D eigenvalue weighted by atomic mass is 10.2. The van der Waals surface area contributed by atoms with E-state index in [0.29, 0.717) is 12.3 Å². The standard InChI is InChI=1S/C15H21NO2/c1-3-4-9-16(2)11-13(17)15-10-12-7-5-6-8-14(12)18-15/h5-8,10,13,17H,3-4,9,11H2,1-2H3. The Morgan fingerprint density at radius 2 is 2.11 bits per heavy atom. The van der Waals surface area contributed by atoms with Crippen LogP contribution in [0.15, 0.2) is 34.7 Å². The van der Waals surface area contributed by atoms with Crippen molar-refractivity contribution in [3.8, 4) is 0 Å². The zero-order chi connectivity index (χ0) is 13.0. The summed E-state index contributed by atoms with van der Waals surface area (Å²) in [5, 5.41) is 11.2. The molecule has 0 fully saturated rings. The summed E-state index contributed by atoms with van der Waals surface area (Å²) in [5.41, 5.74) is 0.836. The van der Waals surface area contributed by atoms with Crippen molar-refractivity contribution < 1.29 is 9.52 Å². The Morgan fingerprint density at radius 1 is 1.33 bits per heavy atom. The van der Waals surface area contributed by atoms with Crippen LogP contribution in [0, 0.1) is 0 Å². The normalized spacial score (nSPS) is 13.3. The van der Waals surface area contributed by atoms with E-state index in [0.717, 1.165) is 23.9 Å². The van der Waals surface area contributed by atoms with Gasteiger partial charge in [-0.3, -0.25) is 0 Å². The van der Waals surface area contributed by atoms with E-state index in [1.165, 1.54) is 6.42 Å². The largest absolute Gasteiger partial charge is 0.458 e. The molecule has 3 heteroatoms. The van der Waals surface area contributed by atoms with Crippen LogP contribution in [0.3, 0.4) is 0 Å². The van der Waals surface area contributed by atoms with Crippen molar-refractivity contribution in [3.63, 3.8) is 0 Å². The predicted molar refractivity (Wildman–Crippen MR) is 73.6 cm³/mol. The third kappa shape index (κ3) is 3.12. The summed E-state index contributed by atoms with van der Waals surface area (Å²) < 4.78 is 5.66. The molecule has 0 radical (unpaired) electrons. The maximum absolute atomic E-state index is 10.2. The van der Waals surface area contributed by atoms with E-state index < -0.39 is 6.10 Å². The number of furan rings is 1. The van der Waals surface area contributed by atoms with Crippen LogP contribution in [-0.4, -0.2) is 30.1 Å². The second-order valence-electron chi connectivity index (χ2n) is 4.82. The van der Waals surface area contributed by atoms with Gasteiger partial charge in [0.05, 0.1) is 0 Å². The van der Waals surface area contributed by atoms with Crippen molar-refractivity contribution in [1.29, 1.82) is 0 Å². The molecule has 1 aromatic heterocycles. The number of rotatable bonds is 6. The van der Waals surface area contributed by atoms with Crippen LogP contribution in [-0.2, 0) is 0 Å². The lowest BCUT2D eigenvalue weighted by Crippen LogP contribution is -2.25. The average Bonchev–Trinajstić information content (AvgIpc) is 2.80. The lowest BCUT2D eigenvalue weighted by molar-refractivity contribution is 0.107. The number of hydrogen-bond donors (Lipinski definition) is 1. The number of nitrogens with zero attached hydrogens (tertiary/aromatic N) is 1. The second-order valence-corrected chi connectivity index (χ2v) is 4.82. The van der Waals surface area contributed by atoms with Crippen LogP contribution >= 0.6 is 0 Å². The van der Waals surface area contributed by atoms with Crippen molar-refractivity contribution in [3.05, 3.63) is 36.1 Å². The van der Waals surface area contributed by atoms with E-state index in [4.69, 9.17) is 4.42 Å². The third-order valence-corrected chi connectivity index (χ3v) is 3.15. The molecule has 98 valence electrons. The van der Waals surface area contributed by atoms with Gasteiger partial charge in [0.15, 0.2) is 0 Å². The molecule has 0 bridgehead atoms. The summed E-state index contributed by atoms with van der Waals surface area (Å²) in [6.45, 7) is 3.79. The predicted octanol–water partition coefficient (Wildman–Crippen LogP) is 3.20. The van der Waals surface area contributed by atoms with E-state index in [1.807, 2.05) is 37.4 Å². The van der Waals surface area contributed by atoms with Crippen LogP contribution in [0.4, 0.5) is 0 Å². The van der Waals surface area contributed by atoms with Gasteiger partial charge in [0.2, 0.25) is 0 Å². The van der Waals surface area contributed by atoms with Gasteiger partial charge in [-0.05, 0) is 32.1 Å². The number of aliphatic hydroxyl groups excluding tert-OH is 1. The fraction of sp³-hybridized carbons (Fsp3) is 0.467. The van der Waals surface area contributed by atoms with Crippen LogP contribution in [0.25, 0.3) is 11.0 Å². The van der Waals surface area contributed by atoms with Crippen LogP contribution in [0.1, 0.15) is 31.6 Å². The Bertz CT molecular complexity index is 459. The van der Waals surface area contributed by atoms with Crippen LogP contribution in [0.2, 0.25) is 0 Å². The van der Waals surface area contributed by atoms with Crippen LogP contribution in [0.5, 0.6) is 0 Å². The number of likely N-dealkylation sites (N-methyl/N-ethyl adjacent to an activating group) is 1. The molecule has 0 spiro atoms. The van der Waals surface area contributed by atoms with Gasteiger partial charge >= 0.3 is 0 Å². The summed E-state index contributed by atoms with van der Waals surface area (Å²) in [4.78, 5) is 2.14. The molecular weight excluding hydrogens is 226 g/mol. The molecule has 1 atom stereocenters. The zero-order valence-electron chi connectivity index (χ0n) is 11.1. The Kier molecular flexibility index (Phi) is 4.39. The number of para-hydroxylation sites is 1. The highest BCUT2D eigenvalue weighted by Gasteiger charge is 2.15. The molecule has 2 aromatic rings. The molecule has 3 nitrogen and oxygen atoms in total. The SMILES string of the molecule is CCCCN(C)CC(O)c1cc2ccccc2o1. The average molecular weight is 247 g/mol. The quantitative estimate of drug-likeness (QED) is 0.851. The summed E-state index contributed by atoms with van der Waals surface area (Å²) in [7, 11) is 2.03. The van der Waals surface area contributed by atoms with Gasteiger partial charge in [-0.15, -0.1) is 0 Å². The Hall–Kier alpha value is -1.32. The molecule has 18 heavy (non-hydrogen) atoms. The molecule has 2 rings (SSSR count). The van der Waals surface area contributed by atoms with E-state index >= 15 is 0 Å². The molecule has 1 N–H and O–H groups in total. The molecule has 0 saturated heterocycles. The molecule has 0 amide bonds. The van der Waals surface area contributed by atoms with Gasteiger partial charge in [-0.1, -0.05) is 31.5 Å². The molecule has 0 aliphatic heterocycles. The zero-order valence-corrected chi connectivity index (χ0v) is 11.1. The van der Waals surface area contributed by atoms with E-state index in [2.05, 4.69) is 11.8 Å². The molecule has 1 aromatic carbocycles. The lowest BCUT2D eigenvalue weighted by Gasteiger charge is -2.18. The first-order valence-electron chi connectivity index (χ1n) is 6.55. The Balaban J connectivity index is 2.01. The van der Waals surface area contributed by atoms with E-state index in [1.54, 1.807) is 0 Å². The minimum atomic E-state index is -0.556. The highest BCUT2D eigenvalue weighted by Crippen LogP contribution is 2.24. The molecule has 0 saturated carbocycles. The number of aliphatic hydroxyl groups is 1. The van der Waals surface area contributed by atoms with Gasteiger partial charge in [-0.2, -0.15) is 0 Å². The van der Waals surface area contributed by atoms with Gasteiger partial charge in [-0.25, -0.2) is 0 Å². The first-order chi connectivity index (χ1) is 8.70. The monoisotopic (exact) mass is 247 g/mol. The first kappa shape index (κ1) is 13.1. The summed E-state index contributed by atoms with van der Waals surface area (Å²) in [6, 6.07) is 9.76. The van der Waals surface area contributed by atoms with Gasteiger partial charge < -0.3 is 14.4 Å². The highest BCUT2D eigenvalue weighted by atomic mass is 16.4. The van der Waals surface area contributed by atoms with Crippen molar-refractivity contribution in [2.75, 3.05) is 20.1 Å². The maximum Gasteiger partial charge on any atom is 0.135 e. The fourth-order valence-electron chi connectivity index (χ4n) is 2.07. The molecule has 0 aliphatic rings. The number of unbranched alkanes of at least 4 members (excludes halogenated alkanes) is 1. The van der Waals surface area contributed by atoms with E-state index in [9.17, 15) is 5.11 Å². The van der Waals surface area contributed by atoms with Crippen molar-refractivity contribution >= 4 is 11.0 Å². The summed E-state index contributed by atoms with van der Waals surface area (Å²) >= 11 is 0. The van der Waals surface area contributed by atoms with Crippen molar-refractivity contribution in [1.82, 2.24) is 4.90 Å². The Morgan fingerprint density at radius 3 is 2.83 bits per heavy atom. The maximum atomic E-state index is 10.2. The van der Waals surface area contributed by atoms with Crippen molar-refractivity contribution in [2.24, 2.45) is 0 Å².